The van der Waals surface area contributed by atoms with Crippen molar-refractivity contribution in [2.45, 2.75) is 63.6 Å². The number of rotatable bonds is 6. The molecule has 2 aromatic heterocycles. The van der Waals surface area contributed by atoms with Crippen molar-refractivity contribution < 1.29 is 13.9 Å². The molecule has 5 nitrogen and oxygen atoms in total. The van der Waals surface area contributed by atoms with Crippen molar-refractivity contribution in [3.05, 3.63) is 59.3 Å². The molecule has 0 radical (unpaired) electrons. The third-order valence-electron chi connectivity index (χ3n) is 6.81. The van der Waals surface area contributed by atoms with Crippen molar-refractivity contribution >= 4 is 5.65 Å². The highest BCUT2D eigenvalue weighted by atomic mass is 19.1. The Morgan fingerprint density at radius 1 is 1.07 bits per heavy atom. The van der Waals surface area contributed by atoms with Crippen molar-refractivity contribution in [1.29, 1.82) is 0 Å². The SMILES string of the molecule is CO[C@]1(c2ccc(F)cc2)CC[C@H](Oc2ccn3c(CC4CC4)nnc3c2C)CC1. The summed E-state index contributed by atoms with van der Waals surface area (Å²) in [5.74, 6) is 2.48. The predicted octanol–water partition coefficient (Wildman–Crippen LogP) is 4.99. The van der Waals surface area contributed by atoms with Crippen LogP contribution in [0.2, 0.25) is 0 Å². The summed E-state index contributed by atoms with van der Waals surface area (Å²) < 4.78 is 27.8. The molecule has 158 valence electrons. The Morgan fingerprint density at radius 2 is 1.80 bits per heavy atom. The highest BCUT2D eigenvalue weighted by molar-refractivity contribution is 5.54. The summed E-state index contributed by atoms with van der Waals surface area (Å²) in [4.78, 5) is 0. The molecule has 2 aliphatic carbocycles. The number of hydrogen-bond donors (Lipinski definition) is 0. The van der Waals surface area contributed by atoms with E-state index in [4.69, 9.17) is 9.47 Å². The van der Waals surface area contributed by atoms with Crippen LogP contribution in [0.1, 0.15) is 55.5 Å². The van der Waals surface area contributed by atoms with E-state index in [1.807, 2.05) is 24.4 Å². The van der Waals surface area contributed by atoms with Crippen molar-refractivity contribution in [3.63, 3.8) is 0 Å². The second kappa shape index (κ2) is 7.65. The van der Waals surface area contributed by atoms with Crippen LogP contribution in [0.3, 0.4) is 0 Å². The molecule has 0 aliphatic heterocycles. The van der Waals surface area contributed by atoms with Crippen LogP contribution in [0, 0.1) is 18.7 Å². The molecule has 0 amide bonds. The van der Waals surface area contributed by atoms with E-state index in [0.29, 0.717) is 0 Å². The molecular formula is C24H28FN3O2. The number of fused-ring (bicyclic) bond motifs is 1. The zero-order valence-electron chi connectivity index (χ0n) is 17.6. The zero-order chi connectivity index (χ0) is 20.7. The first-order chi connectivity index (χ1) is 14.6. The summed E-state index contributed by atoms with van der Waals surface area (Å²) in [6.07, 6.45) is 9.24. The molecule has 0 N–H and O–H groups in total. The third-order valence-corrected chi connectivity index (χ3v) is 6.81. The zero-order valence-corrected chi connectivity index (χ0v) is 17.6. The minimum atomic E-state index is -0.364. The minimum Gasteiger partial charge on any atom is -0.490 e. The van der Waals surface area contributed by atoms with Crippen LogP contribution in [-0.4, -0.2) is 27.8 Å². The smallest absolute Gasteiger partial charge is 0.167 e. The average Bonchev–Trinajstić information content (AvgIpc) is 3.49. The lowest BCUT2D eigenvalue weighted by molar-refractivity contribution is -0.0650. The summed E-state index contributed by atoms with van der Waals surface area (Å²) in [6, 6.07) is 8.73. The van der Waals surface area contributed by atoms with Gasteiger partial charge in [0.25, 0.3) is 0 Å². The first kappa shape index (κ1) is 19.5. The Balaban J connectivity index is 1.29. The maximum atomic E-state index is 13.3. The maximum absolute atomic E-state index is 13.3. The molecule has 30 heavy (non-hydrogen) atoms. The van der Waals surface area contributed by atoms with Gasteiger partial charge in [-0.1, -0.05) is 12.1 Å². The Kier molecular flexibility index (Phi) is 4.97. The van der Waals surface area contributed by atoms with Gasteiger partial charge in [0.05, 0.1) is 11.7 Å². The van der Waals surface area contributed by atoms with E-state index in [9.17, 15) is 4.39 Å². The van der Waals surface area contributed by atoms with E-state index in [1.54, 1.807) is 7.11 Å². The summed E-state index contributed by atoms with van der Waals surface area (Å²) in [7, 11) is 1.74. The first-order valence-corrected chi connectivity index (χ1v) is 10.9. The van der Waals surface area contributed by atoms with Crippen LogP contribution in [0.25, 0.3) is 5.65 Å². The molecule has 5 rings (SSSR count). The normalized spacial score (nSPS) is 24.3. The third kappa shape index (κ3) is 3.58. The molecule has 2 fully saturated rings. The Labute approximate surface area is 176 Å². The quantitative estimate of drug-likeness (QED) is 0.575. The lowest BCUT2D eigenvalue weighted by Gasteiger charge is -2.39. The number of aryl methyl sites for hydroxylation is 1. The van der Waals surface area contributed by atoms with Gasteiger partial charge in [0, 0.05) is 25.3 Å². The largest absolute Gasteiger partial charge is 0.490 e. The Morgan fingerprint density at radius 3 is 2.47 bits per heavy atom. The van der Waals surface area contributed by atoms with Gasteiger partial charge in [-0.05, 0) is 75.1 Å². The highest BCUT2D eigenvalue weighted by Crippen LogP contribution is 2.41. The number of pyridine rings is 1. The fourth-order valence-electron chi connectivity index (χ4n) is 4.68. The van der Waals surface area contributed by atoms with E-state index in [0.717, 1.165) is 66.4 Å². The molecule has 2 heterocycles. The minimum absolute atomic E-state index is 0.128. The second-order valence-electron chi connectivity index (χ2n) is 8.78. The number of hydrogen-bond acceptors (Lipinski definition) is 4. The summed E-state index contributed by atoms with van der Waals surface area (Å²) in [5, 5.41) is 8.83. The molecule has 0 saturated heterocycles. The number of ether oxygens (including phenoxy) is 2. The molecule has 6 heteroatoms. The van der Waals surface area contributed by atoms with Crippen molar-refractivity contribution in [1.82, 2.24) is 14.6 Å². The van der Waals surface area contributed by atoms with Gasteiger partial charge in [0.2, 0.25) is 0 Å². The number of methoxy groups -OCH3 is 1. The summed E-state index contributed by atoms with van der Waals surface area (Å²) in [6.45, 7) is 2.06. The second-order valence-corrected chi connectivity index (χ2v) is 8.78. The van der Waals surface area contributed by atoms with Gasteiger partial charge >= 0.3 is 0 Å². The number of nitrogens with zero attached hydrogens (tertiary/aromatic N) is 3. The van der Waals surface area contributed by atoms with Crippen molar-refractivity contribution in [2.75, 3.05) is 7.11 Å². The molecule has 0 atom stereocenters. The van der Waals surface area contributed by atoms with E-state index < -0.39 is 0 Å². The van der Waals surface area contributed by atoms with E-state index in [-0.39, 0.29) is 17.5 Å². The lowest BCUT2D eigenvalue weighted by Crippen LogP contribution is -2.37. The number of aromatic nitrogens is 3. The van der Waals surface area contributed by atoms with E-state index >= 15 is 0 Å². The van der Waals surface area contributed by atoms with E-state index in [1.165, 1.54) is 25.0 Å². The van der Waals surface area contributed by atoms with Crippen LogP contribution in [0.5, 0.6) is 5.75 Å². The molecule has 1 aromatic carbocycles. The van der Waals surface area contributed by atoms with Gasteiger partial charge in [0.1, 0.15) is 17.4 Å². The predicted molar refractivity (Wildman–Crippen MR) is 112 cm³/mol. The van der Waals surface area contributed by atoms with Gasteiger partial charge in [-0.2, -0.15) is 0 Å². The molecular weight excluding hydrogens is 381 g/mol. The van der Waals surface area contributed by atoms with Crippen LogP contribution in [0.15, 0.2) is 36.5 Å². The van der Waals surface area contributed by atoms with Crippen molar-refractivity contribution in [3.8, 4) is 5.75 Å². The van der Waals surface area contributed by atoms with Gasteiger partial charge in [-0.15, -0.1) is 10.2 Å². The first-order valence-electron chi connectivity index (χ1n) is 10.9. The van der Waals surface area contributed by atoms with Gasteiger partial charge in [0.15, 0.2) is 5.65 Å². The number of halogens is 1. The van der Waals surface area contributed by atoms with Crippen LogP contribution < -0.4 is 4.74 Å². The van der Waals surface area contributed by atoms with E-state index in [2.05, 4.69) is 21.5 Å². The Hall–Kier alpha value is -2.47. The molecule has 3 aromatic rings. The topological polar surface area (TPSA) is 48.7 Å². The Bertz CT molecular complexity index is 1030. The maximum Gasteiger partial charge on any atom is 0.167 e. The van der Waals surface area contributed by atoms with Crippen molar-refractivity contribution in [2.24, 2.45) is 5.92 Å². The van der Waals surface area contributed by atoms with Crippen LogP contribution >= 0.6 is 0 Å². The molecule has 2 aliphatic rings. The highest BCUT2D eigenvalue weighted by Gasteiger charge is 2.38. The van der Waals surface area contributed by atoms with Gasteiger partial charge < -0.3 is 9.47 Å². The number of benzene rings is 1. The molecule has 0 spiro atoms. The fourth-order valence-corrected chi connectivity index (χ4v) is 4.68. The monoisotopic (exact) mass is 409 g/mol. The summed E-state index contributed by atoms with van der Waals surface area (Å²) >= 11 is 0. The average molecular weight is 410 g/mol. The molecule has 0 unspecified atom stereocenters. The van der Waals surface area contributed by atoms with Crippen LogP contribution in [0.4, 0.5) is 4.39 Å². The lowest BCUT2D eigenvalue weighted by atomic mass is 9.78. The molecule has 2 saturated carbocycles. The van der Waals surface area contributed by atoms with Gasteiger partial charge in [-0.25, -0.2) is 4.39 Å². The van der Waals surface area contributed by atoms with Crippen LogP contribution in [-0.2, 0) is 16.8 Å². The molecule has 0 bridgehead atoms. The standard InChI is InChI=1S/C24H28FN3O2/c1-16-21(11-14-28-22(15-17-3-4-17)26-27-23(16)28)30-20-9-12-24(29-2,13-10-20)18-5-7-19(25)8-6-18/h5-8,11,14,17,20H,3-4,9-10,12-13,15H2,1-2H3/t20-,24+. The van der Waals surface area contributed by atoms with Gasteiger partial charge in [-0.3, -0.25) is 4.40 Å². The summed E-state index contributed by atoms with van der Waals surface area (Å²) in [5.41, 5.74) is 2.59. The fraction of sp³-hybridized carbons (Fsp3) is 0.500.